The second kappa shape index (κ2) is 5.79. The van der Waals surface area contributed by atoms with Crippen LogP contribution in [-0.4, -0.2) is 24.0 Å². The molecule has 0 fully saturated rings. The van der Waals surface area contributed by atoms with Gasteiger partial charge in [-0.2, -0.15) is 0 Å². The fourth-order valence-corrected chi connectivity index (χ4v) is 1.47. The Labute approximate surface area is 107 Å². The van der Waals surface area contributed by atoms with Crippen LogP contribution in [0.2, 0.25) is 0 Å². The summed E-state index contributed by atoms with van der Waals surface area (Å²) in [6.07, 6.45) is 1.74. The van der Waals surface area contributed by atoms with Gasteiger partial charge in [-0.05, 0) is 38.2 Å². The van der Waals surface area contributed by atoms with Gasteiger partial charge in [0.1, 0.15) is 0 Å². The van der Waals surface area contributed by atoms with Gasteiger partial charge in [0, 0.05) is 12.7 Å². The van der Waals surface area contributed by atoms with Crippen LogP contribution in [0.15, 0.2) is 30.3 Å². The zero-order valence-electron chi connectivity index (χ0n) is 10.7. The first kappa shape index (κ1) is 13.7. The first-order chi connectivity index (χ1) is 7.97. The molecule has 3 heteroatoms. The van der Waals surface area contributed by atoms with Crippen molar-refractivity contribution >= 4 is 22.6 Å². The average molecular weight is 247 g/mol. The molecule has 90 valence electrons. The molecule has 0 saturated heterocycles. The van der Waals surface area contributed by atoms with Gasteiger partial charge in [-0.15, -0.1) is 0 Å². The lowest BCUT2D eigenvalue weighted by atomic mass is 10.0. The van der Waals surface area contributed by atoms with Crippen LogP contribution >= 0.6 is 11.8 Å². The number of carbonyl (C=O) groups is 1. The van der Waals surface area contributed by atoms with Crippen LogP contribution in [0.5, 0.6) is 0 Å². The van der Waals surface area contributed by atoms with Gasteiger partial charge in [0.2, 0.25) is 0 Å². The highest BCUT2D eigenvalue weighted by Gasteiger charge is 2.21. The molecule has 0 aliphatic heterocycles. The molecule has 0 saturated carbocycles. The molecule has 17 heavy (non-hydrogen) atoms. The maximum atomic E-state index is 11.2. The molecule has 0 aromatic heterocycles. The second-order valence-corrected chi connectivity index (χ2v) is 4.97. The fraction of sp³-hybridized carbons (Fsp3) is 0.357. The van der Waals surface area contributed by atoms with Crippen molar-refractivity contribution in [3.8, 4) is 11.8 Å². The Morgan fingerprint density at radius 2 is 1.88 bits per heavy atom. The molecule has 0 aliphatic carbocycles. The van der Waals surface area contributed by atoms with Gasteiger partial charge in [-0.1, -0.05) is 35.9 Å². The van der Waals surface area contributed by atoms with Crippen LogP contribution in [0.25, 0.3) is 0 Å². The summed E-state index contributed by atoms with van der Waals surface area (Å²) in [6, 6.07) is 10.0. The van der Waals surface area contributed by atoms with E-state index in [1.165, 1.54) is 0 Å². The predicted molar refractivity (Wildman–Crippen MR) is 75.2 cm³/mol. The number of hydrogen-bond acceptors (Lipinski definition) is 3. The van der Waals surface area contributed by atoms with Crippen LogP contribution in [0.3, 0.4) is 0 Å². The molecular formula is C14H17NOS. The van der Waals surface area contributed by atoms with E-state index in [1.54, 1.807) is 6.26 Å². The van der Waals surface area contributed by atoms with Crippen molar-refractivity contribution in [2.75, 3.05) is 18.2 Å². The summed E-state index contributed by atoms with van der Waals surface area (Å²) >= 11 is 1.14. The van der Waals surface area contributed by atoms with Crippen LogP contribution in [-0.2, 0) is 4.79 Å². The van der Waals surface area contributed by atoms with E-state index in [0.717, 1.165) is 17.4 Å². The van der Waals surface area contributed by atoms with Crippen molar-refractivity contribution in [3.05, 3.63) is 30.3 Å². The molecule has 0 aliphatic rings. The van der Waals surface area contributed by atoms with E-state index in [0.29, 0.717) is 0 Å². The van der Waals surface area contributed by atoms with Crippen molar-refractivity contribution < 1.29 is 4.79 Å². The summed E-state index contributed by atoms with van der Waals surface area (Å²) < 4.78 is 0. The lowest BCUT2D eigenvalue weighted by molar-refractivity contribution is -0.106. The number of carbonyl (C=O) groups excluding carboxylic acids is 1. The second-order valence-electron chi connectivity index (χ2n) is 4.20. The largest absolute Gasteiger partial charge is 0.359 e. The van der Waals surface area contributed by atoms with Crippen LogP contribution < -0.4 is 4.90 Å². The molecule has 1 rings (SSSR count). The molecule has 0 unspecified atom stereocenters. The number of anilines is 1. The van der Waals surface area contributed by atoms with E-state index >= 15 is 0 Å². The molecule has 0 N–H and O–H groups in total. The zero-order chi connectivity index (χ0) is 12.9. The summed E-state index contributed by atoms with van der Waals surface area (Å²) in [7, 11) is 1.98. The molecule has 0 radical (unpaired) electrons. The first-order valence-electron chi connectivity index (χ1n) is 5.37. The molecule has 0 spiro atoms. The number of benzene rings is 1. The molecule has 0 bridgehead atoms. The van der Waals surface area contributed by atoms with E-state index in [1.807, 2.05) is 51.2 Å². The lowest BCUT2D eigenvalue weighted by Gasteiger charge is -2.32. The molecule has 0 heterocycles. The fourth-order valence-electron chi connectivity index (χ4n) is 1.31. The monoisotopic (exact) mass is 247 g/mol. The predicted octanol–water partition coefficient (Wildman–Crippen LogP) is 2.79. The lowest BCUT2D eigenvalue weighted by Crippen LogP contribution is -2.40. The quantitative estimate of drug-likeness (QED) is 0.750. The molecule has 0 atom stereocenters. The molecule has 1 aromatic rings. The summed E-state index contributed by atoms with van der Waals surface area (Å²) in [5.74, 6) is 5.67. The Balaban J connectivity index is 2.90. The van der Waals surface area contributed by atoms with Crippen molar-refractivity contribution in [1.29, 1.82) is 0 Å². The third-order valence-electron chi connectivity index (χ3n) is 2.64. The number of thioether (sulfide) groups is 1. The maximum Gasteiger partial charge on any atom is 0.262 e. The third kappa shape index (κ3) is 3.83. The van der Waals surface area contributed by atoms with Gasteiger partial charge in [0.05, 0.1) is 5.54 Å². The Morgan fingerprint density at radius 3 is 2.41 bits per heavy atom. The van der Waals surface area contributed by atoms with E-state index in [2.05, 4.69) is 16.7 Å². The van der Waals surface area contributed by atoms with Crippen LogP contribution in [0, 0.1) is 11.8 Å². The Morgan fingerprint density at radius 1 is 1.29 bits per heavy atom. The van der Waals surface area contributed by atoms with E-state index in [-0.39, 0.29) is 10.7 Å². The molecule has 0 amide bonds. The van der Waals surface area contributed by atoms with Crippen molar-refractivity contribution in [2.24, 2.45) is 0 Å². The van der Waals surface area contributed by atoms with E-state index in [4.69, 9.17) is 0 Å². The normalized spacial score (nSPS) is 10.4. The van der Waals surface area contributed by atoms with Crippen molar-refractivity contribution in [2.45, 2.75) is 19.4 Å². The molecule has 2 nitrogen and oxygen atoms in total. The third-order valence-corrected chi connectivity index (χ3v) is 3.11. The maximum absolute atomic E-state index is 11.2. The van der Waals surface area contributed by atoms with E-state index < -0.39 is 0 Å². The standard InChI is InChI=1S/C14H17NOS/c1-14(2,11-10-13(16)17-4)15(3)12-8-6-5-7-9-12/h5-9H,1-4H3. The van der Waals surface area contributed by atoms with Gasteiger partial charge < -0.3 is 4.90 Å². The minimum absolute atomic E-state index is 0.0977. The highest BCUT2D eigenvalue weighted by Crippen LogP contribution is 2.20. The summed E-state index contributed by atoms with van der Waals surface area (Å²) in [6.45, 7) is 4.00. The minimum atomic E-state index is -0.368. The highest BCUT2D eigenvalue weighted by molar-refractivity contribution is 8.13. The summed E-state index contributed by atoms with van der Waals surface area (Å²) in [4.78, 5) is 13.3. The smallest absolute Gasteiger partial charge is 0.262 e. The molecule has 1 aromatic carbocycles. The molecular weight excluding hydrogens is 230 g/mol. The SMILES string of the molecule is CSC(=O)C#CC(C)(C)N(C)c1ccccc1. The number of rotatable bonds is 2. The number of para-hydroxylation sites is 1. The average Bonchev–Trinajstić information content (AvgIpc) is 2.36. The highest BCUT2D eigenvalue weighted by atomic mass is 32.2. The topological polar surface area (TPSA) is 20.3 Å². The van der Waals surface area contributed by atoms with Crippen LogP contribution in [0.4, 0.5) is 5.69 Å². The van der Waals surface area contributed by atoms with Crippen LogP contribution in [0.1, 0.15) is 13.8 Å². The van der Waals surface area contributed by atoms with Gasteiger partial charge in [0.25, 0.3) is 5.12 Å². The Kier molecular flexibility index (Phi) is 4.65. The van der Waals surface area contributed by atoms with E-state index in [9.17, 15) is 4.79 Å². The first-order valence-corrected chi connectivity index (χ1v) is 6.60. The van der Waals surface area contributed by atoms with Gasteiger partial charge in [-0.3, -0.25) is 4.79 Å². The van der Waals surface area contributed by atoms with Crippen molar-refractivity contribution in [1.82, 2.24) is 0 Å². The van der Waals surface area contributed by atoms with Gasteiger partial charge in [0.15, 0.2) is 0 Å². The summed E-state index contributed by atoms with van der Waals surface area (Å²) in [5, 5.41) is -0.0977. The van der Waals surface area contributed by atoms with Gasteiger partial charge >= 0.3 is 0 Å². The number of nitrogens with zero attached hydrogens (tertiary/aromatic N) is 1. The zero-order valence-corrected chi connectivity index (χ0v) is 11.5. The van der Waals surface area contributed by atoms with Gasteiger partial charge in [-0.25, -0.2) is 0 Å². The Bertz CT molecular complexity index is 442. The minimum Gasteiger partial charge on any atom is -0.359 e. The summed E-state index contributed by atoms with van der Waals surface area (Å²) in [5.41, 5.74) is 0.718. The Hall–Kier alpha value is -1.40. The number of hydrogen-bond donors (Lipinski definition) is 0. The van der Waals surface area contributed by atoms with Crippen molar-refractivity contribution in [3.63, 3.8) is 0 Å².